The lowest BCUT2D eigenvalue weighted by Crippen LogP contribution is -2.38. The van der Waals surface area contributed by atoms with E-state index in [9.17, 15) is 14.6 Å². The van der Waals surface area contributed by atoms with Gasteiger partial charge in [-0.1, -0.05) is 0 Å². The minimum atomic E-state index is -0.918. The van der Waals surface area contributed by atoms with Crippen molar-refractivity contribution in [3.8, 4) is 0 Å². The summed E-state index contributed by atoms with van der Waals surface area (Å²) >= 11 is 0. The van der Waals surface area contributed by atoms with Crippen LogP contribution in [0.2, 0.25) is 5.82 Å². The van der Waals surface area contributed by atoms with Crippen LogP contribution in [0.15, 0.2) is 0 Å². The summed E-state index contributed by atoms with van der Waals surface area (Å²) in [5.74, 6) is 0.646. The van der Waals surface area contributed by atoms with E-state index in [-0.39, 0.29) is 23.5 Å². The molecule has 2 rings (SSSR count). The molecule has 1 aliphatic heterocycles. The highest BCUT2D eigenvalue weighted by atomic mass is 16.5. The van der Waals surface area contributed by atoms with E-state index >= 15 is 0 Å². The Morgan fingerprint density at radius 1 is 1.12 bits per heavy atom. The van der Waals surface area contributed by atoms with E-state index < -0.39 is 7.12 Å². The Bertz CT molecular complexity index is 441. The van der Waals surface area contributed by atoms with Gasteiger partial charge in [0, 0.05) is 50.3 Å². The molecule has 0 spiro atoms. The zero-order valence-corrected chi connectivity index (χ0v) is 15.4. The third-order valence-corrected chi connectivity index (χ3v) is 5.54. The van der Waals surface area contributed by atoms with E-state index in [1.54, 1.807) is 0 Å². The summed E-state index contributed by atoms with van der Waals surface area (Å²) in [6.45, 7) is 3.06. The van der Waals surface area contributed by atoms with Crippen LogP contribution >= 0.6 is 0 Å². The van der Waals surface area contributed by atoms with Crippen molar-refractivity contribution in [2.24, 2.45) is 11.7 Å². The lowest BCUT2D eigenvalue weighted by atomic mass is 9.64. The fraction of sp³-hybridized carbons (Fsp3) is 0.889. The van der Waals surface area contributed by atoms with Crippen molar-refractivity contribution < 1.29 is 19.3 Å². The third-order valence-electron chi connectivity index (χ3n) is 5.54. The van der Waals surface area contributed by atoms with Gasteiger partial charge in [0.25, 0.3) is 0 Å². The first-order valence-corrected chi connectivity index (χ1v) is 9.76. The summed E-state index contributed by atoms with van der Waals surface area (Å²) in [6.07, 6.45) is 7.03. The molecule has 6 nitrogen and oxygen atoms in total. The highest BCUT2D eigenvalue weighted by molar-refractivity contribution is 6.45. The summed E-state index contributed by atoms with van der Waals surface area (Å²) in [7, 11) is -0.918. The van der Waals surface area contributed by atoms with Gasteiger partial charge in [0.05, 0.1) is 0 Å². The molecule has 142 valence electrons. The van der Waals surface area contributed by atoms with Gasteiger partial charge in [0.1, 0.15) is 11.6 Å². The van der Waals surface area contributed by atoms with E-state index in [4.69, 9.17) is 10.4 Å². The molecule has 0 unspecified atom stereocenters. The second-order valence-electron chi connectivity index (χ2n) is 7.80. The second kappa shape index (κ2) is 10.4. The Kier molecular flexibility index (Phi) is 8.56. The summed E-state index contributed by atoms with van der Waals surface area (Å²) < 4.78 is 5.52. The van der Waals surface area contributed by atoms with Crippen LogP contribution < -0.4 is 11.1 Å². The highest BCUT2D eigenvalue weighted by Crippen LogP contribution is 2.33. The number of carbonyl (C=O) groups excluding carboxylic acids is 2. The van der Waals surface area contributed by atoms with Crippen molar-refractivity contribution in [3.05, 3.63) is 0 Å². The van der Waals surface area contributed by atoms with E-state index in [1.165, 1.54) is 6.92 Å². The van der Waals surface area contributed by atoms with Crippen LogP contribution in [0.1, 0.15) is 64.7 Å². The van der Waals surface area contributed by atoms with Gasteiger partial charge in [0.15, 0.2) is 0 Å². The molecule has 25 heavy (non-hydrogen) atoms. The number of Topliss-reactive ketones (excluding diaryl/α,β-unsaturated/α-hetero) is 2. The number of nitrogens with two attached hydrogens (primary N) is 1. The first-order chi connectivity index (χ1) is 12.0. The van der Waals surface area contributed by atoms with Gasteiger partial charge >= 0.3 is 7.12 Å². The molecule has 2 fully saturated rings. The molecule has 0 amide bonds. The van der Waals surface area contributed by atoms with Crippen molar-refractivity contribution in [3.63, 3.8) is 0 Å². The van der Waals surface area contributed by atoms with Crippen molar-refractivity contribution in [1.29, 1.82) is 0 Å². The maximum Gasteiger partial charge on any atom is 0.458 e. The van der Waals surface area contributed by atoms with Gasteiger partial charge < -0.3 is 20.7 Å². The van der Waals surface area contributed by atoms with Gasteiger partial charge in [-0.15, -0.1) is 0 Å². The first-order valence-electron chi connectivity index (χ1n) is 9.76. The normalized spacial score (nSPS) is 30.3. The summed E-state index contributed by atoms with van der Waals surface area (Å²) in [5.41, 5.74) is 5.52. The summed E-state index contributed by atoms with van der Waals surface area (Å²) in [5, 5.41) is 13.6. The van der Waals surface area contributed by atoms with Crippen LogP contribution in [0.4, 0.5) is 0 Å². The van der Waals surface area contributed by atoms with E-state index in [0.29, 0.717) is 37.8 Å². The van der Waals surface area contributed by atoms with Crippen LogP contribution in [-0.4, -0.2) is 48.9 Å². The molecular weight excluding hydrogens is 319 g/mol. The molecule has 0 bridgehead atoms. The lowest BCUT2D eigenvalue weighted by molar-refractivity contribution is -0.121. The largest absolute Gasteiger partial charge is 0.458 e. The molecular formula is C18H33BN2O4. The fourth-order valence-electron chi connectivity index (χ4n) is 4.15. The van der Waals surface area contributed by atoms with E-state index in [2.05, 4.69) is 5.32 Å². The first kappa shape index (κ1) is 20.6. The van der Waals surface area contributed by atoms with E-state index in [0.717, 1.165) is 45.1 Å². The SMILES string of the molecule is CC(=O)C[C@H]1CC[C@H](CC(=O)CC2CCC(NCCN)CC2)B(O)O1. The number of rotatable bonds is 9. The quantitative estimate of drug-likeness (QED) is 0.543. The van der Waals surface area contributed by atoms with Crippen LogP contribution in [0.5, 0.6) is 0 Å². The predicted molar refractivity (Wildman–Crippen MR) is 98.2 cm³/mol. The van der Waals surface area contributed by atoms with Crippen LogP contribution in [0.25, 0.3) is 0 Å². The molecule has 0 radical (unpaired) electrons. The Morgan fingerprint density at radius 3 is 2.44 bits per heavy atom. The van der Waals surface area contributed by atoms with Gasteiger partial charge in [0.2, 0.25) is 0 Å². The minimum absolute atomic E-state index is 0.0725. The van der Waals surface area contributed by atoms with Gasteiger partial charge in [-0.25, -0.2) is 0 Å². The molecule has 0 aromatic rings. The predicted octanol–water partition coefficient (Wildman–Crippen LogP) is 1.45. The van der Waals surface area contributed by atoms with Gasteiger partial charge in [-0.3, -0.25) is 9.59 Å². The van der Waals surface area contributed by atoms with Crippen LogP contribution in [-0.2, 0) is 14.2 Å². The number of nitrogens with one attached hydrogen (secondary N) is 1. The average molecular weight is 352 g/mol. The average Bonchev–Trinajstić information content (AvgIpc) is 2.56. The van der Waals surface area contributed by atoms with Gasteiger partial charge in [-0.05, 0) is 51.4 Å². The maximum atomic E-state index is 12.4. The summed E-state index contributed by atoms with van der Waals surface area (Å²) in [4.78, 5) is 23.5. The lowest BCUT2D eigenvalue weighted by Gasteiger charge is -2.31. The van der Waals surface area contributed by atoms with Crippen molar-refractivity contribution in [2.75, 3.05) is 13.1 Å². The minimum Gasteiger partial charge on any atom is -0.427 e. The fourth-order valence-corrected chi connectivity index (χ4v) is 4.15. The molecule has 4 N–H and O–H groups in total. The Labute approximate surface area is 151 Å². The monoisotopic (exact) mass is 352 g/mol. The van der Waals surface area contributed by atoms with Crippen LogP contribution in [0, 0.1) is 5.92 Å². The Morgan fingerprint density at radius 2 is 1.84 bits per heavy atom. The van der Waals surface area contributed by atoms with Gasteiger partial charge in [-0.2, -0.15) is 0 Å². The number of ketones is 2. The van der Waals surface area contributed by atoms with Crippen molar-refractivity contribution in [2.45, 2.75) is 82.7 Å². The van der Waals surface area contributed by atoms with Crippen molar-refractivity contribution >= 4 is 18.7 Å². The van der Waals surface area contributed by atoms with E-state index in [1.807, 2.05) is 0 Å². The van der Waals surface area contributed by atoms with Crippen LogP contribution in [0.3, 0.4) is 0 Å². The van der Waals surface area contributed by atoms with Crippen molar-refractivity contribution in [1.82, 2.24) is 5.32 Å². The number of hydrogen-bond donors (Lipinski definition) is 3. The smallest absolute Gasteiger partial charge is 0.427 e. The molecule has 2 atom stereocenters. The maximum absolute atomic E-state index is 12.4. The molecule has 1 heterocycles. The number of carbonyl (C=O) groups is 2. The molecule has 0 aromatic heterocycles. The Balaban J connectivity index is 1.66. The summed E-state index contributed by atoms with van der Waals surface area (Å²) in [6, 6.07) is 0.543. The second-order valence-corrected chi connectivity index (χ2v) is 7.80. The highest BCUT2D eigenvalue weighted by Gasteiger charge is 2.36. The Hall–Kier alpha value is -0.755. The zero-order chi connectivity index (χ0) is 18.2. The zero-order valence-electron chi connectivity index (χ0n) is 15.4. The standard InChI is InChI=1S/C18H33BN2O4/c1-13(22)10-18-7-4-15(19(24)25-18)12-17(23)11-14-2-5-16(6-3-14)21-9-8-20/h14-16,18,21,24H,2-12,20H2,1H3/t14?,15-,16?,18-/m1/s1. The molecule has 1 aliphatic carbocycles. The third kappa shape index (κ3) is 7.17. The topological polar surface area (TPSA) is 102 Å². The molecule has 2 aliphatic rings. The molecule has 1 saturated heterocycles. The number of hydrogen-bond acceptors (Lipinski definition) is 6. The molecule has 0 aromatic carbocycles. The molecule has 7 heteroatoms. The molecule has 1 saturated carbocycles.